The van der Waals surface area contributed by atoms with Crippen LogP contribution in [-0.4, -0.2) is 24.5 Å². The van der Waals surface area contributed by atoms with Gasteiger partial charge in [0.05, 0.1) is 5.56 Å². The number of hydrogen-bond acceptors (Lipinski definition) is 7. The smallest absolute Gasteiger partial charge is 0.458 e. The fourth-order valence-electron chi connectivity index (χ4n) is 2.79. The van der Waals surface area contributed by atoms with Crippen LogP contribution in [0.3, 0.4) is 0 Å². The van der Waals surface area contributed by atoms with Crippen LogP contribution in [0.1, 0.15) is 21.5 Å². The zero-order valence-electron chi connectivity index (χ0n) is 18.5. The molecule has 0 spiro atoms. The zero-order chi connectivity index (χ0) is 26.3. The molecule has 3 aromatic rings. The van der Waals surface area contributed by atoms with Crippen LogP contribution in [0.15, 0.2) is 72.8 Å². The minimum absolute atomic E-state index is 0.0183. The van der Waals surface area contributed by atoms with Gasteiger partial charge in [-0.3, -0.25) is 0 Å². The number of carbonyl (C=O) groups is 2. The Balaban J connectivity index is 1.52. The molecule has 0 unspecified atom stereocenters. The SMILES string of the molecule is Nc1ccc(N)c(COC(=O)C=Cc2ccc(OC(=O)c3ccc(OC(F)(F)C(F)F)cc3)cc2)c1. The number of halogens is 4. The molecule has 0 bridgehead atoms. The number of rotatable bonds is 9. The van der Waals surface area contributed by atoms with Gasteiger partial charge in [0.1, 0.15) is 18.1 Å². The summed E-state index contributed by atoms with van der Waals surface area (Å²) in [6.07, 6.45) is -5.95. The number of esters is 2. The molecule has 0 amide bonds. The molecule has 0 atom stereocenters. The third-order valence-electron chi connectivity index (χ3n) is 4.64. The largest absolute Gasteiger partial charge is 0.461 e. The van der Waals surface area contributed by atoms with Gasteiger partial charge < -0.3 is 25.7 Å². The Labute approximate surface area is 202 Å². The molecule has 3 aromatic carbocycles. The number of anilines is 2. The molecule has 0 saturated heterocycles. The molecule has 0 radical (unpaired) electrons. The summed E-state index contributed by atoms with van der Waals surface area (Å²) in [5, 5.41) is 0. The maximum atomic E-state index is 12.9. The molecule has 4 N–H and O–H groups in total. The van der Waals surface area contributed by atoms with Gasteiger partial charge >= 0.3 is 24.5 Å². The zero-order valence-corrected chi connectivity index (χ0v) is 18.5. The summed E-state index contributed by atoms with van der Waals surface area (Å²) in [5.41, 5.74) is 13.6. The summed E-state index contributed by atoms with van der Waals surface area (Å²) in [6.45, 7) is -0.0450. The van der Waals surface area contributed by atoms with Crippen LogP contribution in [0, 0.1) is 0 Å². The second-order valence-electron chi connectivity index (χ2n) is 7.35. The number of carbonyl (C=O) groups excluding carboxylic acids is 2. The maximum Gasteiger partial charge on any atom is 0.461 e. The van der Waals surface area contributed by atoms with Crippen molar-refractivity contribution in [1.29, 1.82) is 0 Å². The van der Waals surface area contributed by atoms with Crippen molar-refractivity contribution in [1.82, 2.24) is 0 Å². The molecule has 0 heterocycles. The molecule has 0 aromatic heterocycles. The normalized spacial score (nSPS) is 11.5. The lowest BCUT2D eigenvalue weighted by Gasteiger charge is -2.16. The number of benzene rings is 3. The van der Waals surface area contributed by atoms with Gasteiger partial charge in [-0.05, 0) is 66.2 Å². The van der Waals surface area contributed by atoms with E-state index in [0.717, 1.165) is 24.3 Å². The highest BCUT2D eigenvalue weighted by atomic mass is 19.3. The Bertz CT molecular complexity index is 1250. The molecule has 36 heavy (non-hydrogen) atoms. The van der Waals surface area contributed by atoms with Crippen LogP contribution in [0.25, 0.3) is 6.08 Å². The van der Waals surface area contributed by atoms with Crippen LogP contribution in [0.2, 0.25) is 0 Å². The van der Waals surface area contributed by atoms with Crippen LogP contribution in [-0.2, 0) is 16.1 Å². The van der Waals surface area contributed by atoms with E-state index in [1.165, 1.54) is 24.3 Å². The number of alkyl halides is 4. The lowest BCUT2D eigenvalue weighted by molar-refractivity contribution is -0.253. The highest BCUT2D eigenvalue weighted by Gasteiger charge is 2.43. The molecule has 0 saturated carbocycles. The summed E-state index contributed by atoms with van der Waals surface area (Å²) in [6, 6.07) is 15.0. The first-order valence-electron chi connectivity index (χ1n) is 10.3. The highest BCUT2D eigenvalue weighted by molar-refractivity contribution is 5.91. The minimum atomic E-state index is -4.65. The number of nitrogen functional groups attached to an aromatic ring is 2. The topological polar surface area (TPSA) is 114 Å². The third-order valence-corrected chi connectivity index (χ3v) is 4.64. The molecular formula is C25H20F4N2O5. The predicted molar refractivity (Wildman–Crippen MR) is 124 cm³/mol. The van der Waals surface area contributed by atoms with E-state index in [1.54, 1.807) is 30.3 Å². The number of ether oxygens (including phenoxy) is 3. The highest BCUT2D eigenvalue weighted by Crippen LogP contribution is 2.27. The van der Waals surface area contributed by atoms with Crippen LogP contribution in [0.5, 0.6) is 11.5 Å². The second-order valence-corrected chi connectivity index (χ2v) is 7.35. The fraction of sp³-hybridized carbons (Fsp3) is 0.120. The van der Waals surface area contributed by atoms with Crippen molar-refractivity contribution in [2.45, 2.75) is 19.1 Å². The summed E-state index contributed by atoms with van der Waals surface area (Å²) >= 11 is 0. The first-order chi connectivity index (χ1) is 17.0. The summed E-state index contributed by atoms with van der Waals surface area (Å²) in [4.78, 5) is 24.2. The summed E-state index contributed by atoms with van der Waals surface area (Å²) < 4.78 is 64.5. The minimum Gasteiger partial charge on any atom is -0.458 e. The average Bonchev–Trinajstić information content (AvgIpc) is 2.84. The molecule has 0 aliphatic carbocycles. The monoisotopic (exact) mass is 504 g/mol. The quantitative estimate of drug-likeness (QED) is 0.138. The summed E-state index contributed by atoms with van der Waals surface area (Å²) in [7, 11) is 0. The van der Waals surface area contributed by atoms with Gasteiger partial charge in [0.2, 0.25) is 0 Å². The maximum absolute atomic E-state index is 12.9. The average molecular weight is 504 g/mol. The lowest BCUT2D eigenvalue weighted by Crippen LogP contribution is -2.33. The van der Waals surface area contributed by atoms with Crippen molar-refractivity contribution in [2.24, 2.45) is 0 Å². The Morgan fingerprint density at radius 1 is 0.917 bits per heavy atom. The Morgan fingerprint density at radius 3 is 2.19 bits per heavy atom. The first-order valence-corrected chi connectivity index (χ1v) is 10.3. The molecule has 0 fully saturated rings. The van der Waals surface area contributed by atoms with Gasteiger partial charge in [-0.2, -0.15) is 17.6 Å². The first kappa shape index (κ1) is 26.1. The number of nitrogens with two attached hydrogens (primary N) is 2. The predicted octanol–water partition coefficient (Wildman–Crippen LogP) is 5.06. The van der Waals surface area contributed by atoms with Gasteiger partial charge in [-0.1, -0.05) is 12.1 Å². The van der Waals surface area contributed by atoms with Crippen LogP contribution in [0.4, 0.5) is 28.9 Å². The van der Waals surface area contributed by atoms with E-state index in [-0.39, 0.29) is 17.9 Å². The standard InChI is InChI=1S/C25H20F4N2O5/c26-24(27)25(28,29)36-20-9-4-16(5-10-20)23(33)35-19-7-1-15(2-8-19)3-12-22(32)34-14-17-13-18(30)6-11-21(17)31/h1-13,24H,14,30-31H2. The van der Waals surface area contributed by atoms with Crippen molar-refractivity contribution in [3.05, 3.63) is 89.5 Å². The third kappa shape index (κ3) is 7.23. The molecule has 188 valence electrons. The molecular weight excluding hydrogens is 484 g/mol. The van der Waals surface area contributed by atoms with Crippen molar-refractivity contribution >= 4 is 29.4 Å². The van der Waals surface area contributed by atoms with E-state index in [9.17, 15) is 27.2 Å². The Kier molecular flexibility index (Phi) is 8.15. The van der Waals surface area contributed by atoms with E-state index in [1.807, 2.05) is 0 Å². The Hall–Kier alpha value is -4.54. The van der Waals surface area contributed by atoms with Gasteiger partial charge in [0.25, 0.3) is 0 Å². The second kappa shape index (κ2) is 11.3. The lowest BCUT2D eigenvalue weighted by atomic mass is 10.2. The molecule has 7 nitrogen and oxygen atoms in total. The van der Waals surface area contributed by atoms with Gasteiger partial charge in [0, 0.05) is 23.0 Å². The molecule has 3 rings (SSSR count). The number of hydrogen-bond donors (Lipinski definition) is 2. The van der Waals surface area contributed by atoms with Crippen molar-refractivity contribution in [3.63, 3.8) is 0 Å². The molecule has 0 aliphatic rings. The van der Waals surface area contributed by atoms with Crippen molar-refractivity contribution < 1.29 is 41.4 Å². The van der Waals surface area contributed by atoms with E-state index in [2.05, 4.69) is 4.74 Å². The summed E-state index contributed by atoms with van der Waals surface area (Å²) in [5.74, 6) is -1.79. The van der Waals surface area contributed by atoms with Crippen LogP contribution < -0.4 is 20.9 Å². The Morgan fingerprint density at radius 2 is 1.56 bits per heavy atom. The van der Waals surface area contributed by atoms with Gasteiger partial charge in [-0.15, -0.1) is 0 Å². The van der Waals surface area contributed by atoms with Crippen molar-refractivity contribution in [3.8, 4) is 11.5 Å². The van der Waals surface area contributed by atoms with Crippen molar-refractivity contribution in [2.75, 3.05) is 11.5 Å². The fourth-order valence-corrected chi connectivity index (χ4v) is 2.79. The van der Waals surface area contributed by atoms with Gasteiger partial charge in [0.15, 0.2) is 0 Å². The van der Waals surface area contributed by atoms with E-state index < -0.39 is 30.2 Å². The van der Waals surface area contributed by atoms with Gasteiger partial charge in [-0.25, -0.2) is 9.59 Å². The van der Waals surface area contributed by atoms with E-state index in [4.69, 9.17) is 20.9 Å². The molecule has 0 aliphatic heterocycles. The van der Waals surface area contributed by atoms with Crippen LogP contribution >= 0.6 is 0 Å². The van der Waals surface area contributed by atoms with E-state index >= 15 is 0 Å². The van der Waals surface area contributed by atoms with E-state index in [0.29, 0.717) is 22.5 Å². The molecule has 11 heteroatoms.